The Kier molecular flexibility index (Phi) is 8.16. The van der Waals surface area contributed by atoms with Crippen LogP contribution in [0.15, 0.2) is 41.4 Å². The molecule has 1 saturated carbocycles. The summed E-state index contributed by atoms with van der Waals surface area (Å²) in [5.41, 5.74) is 1.86. The predicted octanol–water partition coefficient (Wildman–Crippen LogP) is 2.94. The molecule has 4 rings (SSSR count). The van der Waals surface area contributed by atoms with Gasteiger partial charge in [0.2, 0.25) is 5.78 Å². The van der Waals surface area contributed by atoms with Crippen LogP contribution in [0.5, 0.6) is 0 Å². The van der Waals surface area contributed by atoms with Crippen molar-refractivity contribution in [1.29, 1.82) is 0 Å². The van der Waals surface area contributed by atoms with Crippen molar-refractivity contribution in [2.75, 3.05) is 11.9 Å². The molecule has 3 aromatic rings. The summed E-state index contributed by atoms with van der Waals surface area (Å²) in [6.07, 6.45) is 3.15. The number of carbonyl (C=O) groups is 1. The van der Waals surface area contributed by atoms with Crippen LogP contribution in [0, 0.1) is 5.92 Å². The van der Waals surface area contributed by atoms with Crippen molar-refractivity contribution in [1.82, 2.24) is 15.0 Å². The summed E-state index contributed by atoms with van der Waals surface area (Å²) < 4.78 is 27.9. The van der Waals surface area contributed by atoms with Crippen molar-refractivity contribution in [2.24, 2.45) is 11.1 Å². The highest BCUT2D eigenvalue weighted by Crippen LogP contribution is 2.33. The molecule has 1 fully saturated rings. The fourth-order valence-corrected chi connectivity index (χ4v) is 5.88. The van der Waals surface area contributed by atoms with E-state index in [0.717, 1.165) is 11.3 Å². The average molecular weight is 603 g/mol. The van der Waals surface area contributed by atoms with Gasteiger partial charge >= 0.3 is 10.3 Å². The van der Waals surface area contributed by atoms with E-state index in [1.807, 2.05) is 18.2 Å². The number of pyridine rings is 1. The number of hydrogen-bond acceptors (Lipinski definition) is 10. The standard InChI is InChI=1S/C21H21BrClN5O5S2/c22-18-3-1-2-13(27-18)4-11-6-17(34-20(11)23)19(30)15-8-25-10-26-21(15)28-14-5-12(16(29)7-14)9-33-35(24,31)32/h1-3,6,8,10,12,14,16,29H,4-5,7,9H2,(H2,24,31,32)(H,25,26,28)/t12-,14-,16+/m1/s1. The van der Waals surface area contributed by atoms with Gasteiger partial charge in [0.05, 0.1) is 27.5 Å². The number of aromatic nitrogens is 3. The average Bonchev–Trinajstić information content (AvgIpc) is 3.33. The second-order valence-corrected chi connectivity index (χ2v) is 11.8. The number of nitrogens with zero attached hydrogens (tertiary/aromatic N) is 3. The second kappa shape index (κ2) is 10.9. The molecule has 4 N–H and O–H groups in total. The number of hydrogen-bond donors (Lipinski definition) is 3. The molecule has 186 valence electrons. The maximum atomic E-state index is 13.3. The zero-order valence-electron chi connectivity index (χ0n) is 18.1. The number of aliphatic hydroxyl groups is 1. The zero-order chi connectivity index (χ0) is 25.2. The van der Waals surface area contributed by atoms with E-state index in [2.05, 4.69) is 40.4 Å². The molecule has 0 radical (unpaired) electrons. The van der Waals surface area contributed by atoms with Gasteiger partial charge in [-0.1, -0.05) is 17.7 Å². The lowest BCUT2D eigenvalue weighted by molar-refractivity contribution is 0.101. The van der Waals surface area contributed by atoms with E-state index in [9.17, 15) is 18.3 Å². The van der Waals surface area contributed by atoms with Crippen LogP contribution < -0.4 is 10.5 Å². The van der Waals surface area contributed by atoms with E-state index < -0.39 is 22.3 Å². The molecule has 0 aromatic carbocycles. The van der Waals surface area contributed by atoms with Gasteiger partial charge in [-0.15, -0.1) is 11.3 Å². The number of thiophene rings is 1. The molecule has 0 amide bonds. The van der Waals surface area contributed by atoms with E-state index >= 15 is 0 Å². The molecule has 0 saturated heterocycles. The van der Waals surface area contributed by atoms with Gasteiger partial charge < -0.3 is 10.4 Å². The second-order valence-electron chi connectivity index (χ2n) is 8.07. The number of nitrogens with two attached hydrogens (primary N) is 1. The maximum Gasteiger partial charge on any atom is 0.333 e. The normalized spacial score (nSPS) is 20.2. The van der Waals surface area contributed by atoms with Crippen LogP contribution >= 0.6 is 38.9 Å². The van der Waals surface area contributed by atoms with Gasteiger partial charge in [0.25, 0.3) is 0 Å². The summed E-state index contributed by atoms with van der Waals surface area (Å²) in [4.78, 5) is 26.4. The lowest BCUT2D eigenvalue weighted by Crippen LogP contribution is -2.24. The number of ketones is 1. The van der Waals surface area contributed by atoms with E-state index in [1.54, 1.807) is 6.07 Å². The van der Waals surface area contributed by atoms with Crippen LogP contribution in [0.2, 0.25) is 4.34 Å². The first-order chi connectivity index (χ1) is 16.6. The van der Waals surface area contributed by atoms with Crippen LogP contribution in [0.1, 0.15) is 39.3 Å². The van der Waals surface area contributed by atoms with Gasteiger partial charge in [0, 0.05) is 30.3 Å². The highest BCUT2D eigenvalue weighted by Gasteiger charge is 2.35. The van der Waals surface area contributed by atoms with Crippen molar-refractivity contribution < 1.29 is 22.5 Å². The summed E-state index contributed by atoms with van der Waals surface area (Å²) in [6.45, 7) is -0.225. The Labute approximate surface area is 219 Å². The number of rotatable bonds is 9. The molecule has 35 heavy (non-hydrogen) atoms. The van der Waals surface area contributed by atoms with Crippen LogP contribution in [0.3, 0.4) is 0 Å². The molecule has 1 aliphatic carbocycles. The molecule has 0 unspecified atom stereocenters. The third-order valence-corrected chi connectivity index (χ3v) is 7.87. The molecule has 3 heterocycles. The summed E-state index contributed by atoms with van der Waals surface area (Å²) in [5.74, 6) is -0.409. The molecule has 14 heteroatoms. The minimum Gasteiger partial charge on any atom is -0.393 e. The fraction of sp³-hybridized carbons (Fsp3) is 0.333. The fourth-order valence-electron chi connectivity index (χ4n) is 3.90. The Morgan fingerprint density at radius 2 is 2.17 bits per heavy atom. The van der Waals surface area contributed by atoms with E-state index in [-0.39, 0.29) is 24.0 Å². The Morgan fingerprint density at radius 3 is 2.91 bits per heavy atom. The van der Waals surface area contributed by atoms with Gasteiger partial charge in [0.15, 0.2) is 0 Å². The molecular weight excluding hydrogens is 582 g/mol. The highest BCUT2D eigenvalue weighted by molar-refractivity contribution is 9.10. The third kappa shape index (κ3) is 6.82. The Bertz CT molecular complexity index is 1340. The summed E-state index contributed by atoms with van der Waals surface area (Å²) >= 11 is 10.9. The van der Waals surface area contributed by atoms with Crippen LogP contribution in [-0.4, -0.2) is 53.0 Å². The first kappa shape index (κ1) is 26.1. The lowest BCUT2D eigenvalue weighted by atomic mass is 10.1. The molecule has 0 spiro atoms. The van der Waals surface area contributed by atoms with Gasteiger partial charge in [0.1, 0.15) is 16.7 Å². The van der Waals surface area contributed by atoms with E-state index in [4.69, 9.17) is 16.7 Å². The summed E-state index contributed by atoms with van der Waals surface area (Å²) in [5, 5.41) is 18.3. The van der Waals surface area contributed by atoms with Crippen LogP contribution in [-0.2, 0) is 20.9 Å². The number of nitrogens with one attached hydrogen (secondary N) is 1. The van der Waals surface area contributed by atoms with Crippen molar-refractivity contribution in [3.05, 3.63) is 67.4 Å². The van der Waals surface area contributed by atoms with Crippen LogP contribution in [0.25, 0.3) is 0 Å². The van der Waals surface area contributed by atoms with Crippen LogP contribution in [0.4, 0.5) is 5.82 Å². The topological polar surface area (TPSA) is 157 Å². The van der Waals surface area contributed by atoms with Gasteiger partial charge in [-0.25, -0.2) is 20.1 Å². The largest absolute Gasteiger partial charge is 0.393 e. The lowest BCUT2D eigenvalue weighted by Gasteiger charge is -2.15. The molecule has 0 aliphatic heterocycles. The number of aliphatic hydroxyl groups excluding tert-OH is 1. The monoisotopic (exact) mass is 601 g/mol. The molecule has 3 aromatic heterocycles. The number of halogens is 2. The number of anilines is 1. The molecule has 0 bridgehead atoms. The number of carbonyl (C=O) groups excluding carboxylic acids is 1. The van der Waals surface area contributed by atoms with Crippen molar-refractivity contribution in [2.45, 2.75) is 31.4 Å². The zero-order valence-corrected chi connectivity index (χ0v) is 22.1. The van der Waals surface area contributed by atoms with E-state index in [1.165, 1.54) is 23.9 Å². The first-order valence-corrected chi connectivity index (χ1v) is 13.9. The van der Waals surface area contributed by atoms with Crippen molar-refractivity contribution in [3.8, 4) is 0 Å². The third-order valence-electron chi connectivity index (χ3n) is 5.53. The van der Waals surface area contributed by atoms with Gasteiger partial charge in [-0.05, 0) is 52.5 Å². The summed E-state index contributed by atoms with van der Waals surface area (Å²) in [7, 11) is -4.10. The minimum atomic E-state index is -4.10. The van der Waals surface area contributed by atoms with E-state index in [0.29, 0.717) is 38.9 Å². The maximum absolute atomic E-state index is 13.3. The predicted molar refractivity (Wildman–Crippen MR) is 135 cm³/mol. The minimum absolute atomic E-state index is 0.225. The SMILES string of the molecule is NS(=O)(=O)OC[C@H]1C[C@@H](Nc2ncncc2C(=O)c2cc(Cc3cccc(Br)n3)c(Cl)s2)C[C@@H]1O. The smallest absolute Gasteiger partial charge is 0.333 e. The quantitative estimate of drug-likeness (QED) is 0.247. The van der Waals surface area contributed by atoms with Gasteiger partial charge in [-0.3, -0.25) is 8.98 Å². The Morgan fingerprint density at radius 1 is 1.37 bits per heavy atom. The Balaban J connectivity index is 1.48. The van der Waals surface area contributed by atoms with Crippen molar-refractivity contribution in [3.63, 3.8) is 0 Å². The van der Waals surface area contributed by atoms with Gasteiger partial charge in [-0.2, -0.15) is 8.42 Å². The molecule has 10 nitrogen and oxygen atoms in total. The molecule has 1 aliphatic rings. The highest BCUT2D eigenvalue weighted by atomic mass is 79.9. The summed E-state index contributed by atoms with van der Waals surface area (Å²) in [6, 6.07) is 7.07. The molecular formula is C21H21BrClN5O5S2. The van der Waals surface area contributed by atoms with Crippen molar-refractivity contribution >= 4 is 60.8 Å². The Hall–Kier alpha value is -2.00. The first-order valence-electron chi connectivity index (χ1n) is 10.4. The molecule has 3 atom stereocenters.